The summed E-state index contributed by atoms with van der Waals surface area (Å²) in [7, 11) is 1.79. The van der Waals surface area contributed by atoms with Gasteiger partial charge in [-0.05, 0) is 62.7 Å². The Labute approximate surface area is 205 Å². The molecule has 2 heterocycles. The van der Waals surface area contributed by atoms with Crippen molar-refractivity contribution in [2.75, 3.05) is 5.32 Å². The molecule has 176 valence electrons. The quantitative estimate of drug-likeness (QED) is 0.335. The highest BCUT2D eigenvalue weighted by Gasteiger charge is 2.20. The van der Waals surface area contributed by atoms with Crippen LogP contribution in [0.5, 0.6) is 0 Å². The number of hydrogen-bond acceptors (Lipinski definition) is 5. The topological polar surface area (TPSA) is 97.4 Å². The van der Waals surface area contributed by atoms with Gasteiger partial charge >= 0.3 is 5.97 Å². The summed E-state index contributed by atoms with van der Waals surface area (Å²) in [5.41, 5.74) is 2.23. The van der Waals surface area contributed by atoms with E-state index in [1.54, 1.807) is 67.3 Å². The van der Waals surface area contributed by atoms with Crippen molar-refractivity contribution < 1.29 is 18.4 Å². The second kappa shape index (κ2) is 8.43. The van der Waals surface area contributed by atoms with Crippen LogP contribution in [0.4, 0.5) is 5.69 Å². The van der Waals surface area contributed by atoms with Crippen molar-refractivity contribution in [2.45, 2.75) is 26.7 Å². The van der Waals surface area contributed by atoms with Gasteiger partial charge < -0.3 is 14.8 Å². The number of anilines is 1. The third-order valence-corrected chi connectivity index (χ3v) is 6.04. The first kappa shape index (κ1) is 19.0. The fourth-order valence-corrected chi connectivity index (χ4v) is 4.40. The van der Waals surface area contributed by atoms with Crippen molar-refractivity contribution in [1.29, 1.82) is 0 Å². The molecule has 5 rings (SSSR count). The molecule has 5 aromatic rings. The Bertz CT molecular complexity index is 1790. The van der Waals surface area contributed by atoms with E-state index < -0.39 is 24.3 Å². The number of para-hydroxylation sites is 1. The third-order valence-electron chi connectivity index (χ3n) is 6.04. The van der Waals surface area contributed by atoms with E-state index in [1.807, 2.05) is 13.0 Å². The molecule has 0 aliphatic heterocycles. The molecule has 0 fully saturated rings. The first-order valence-electron chi connectivity index (χ1n) is 12.6. The molecule has 7 nitrogen and oxygen atoms in total. The largest absolute Gasteiger partial charge is 0.478 e. The fraction of sp³-hybridized carbons (Fsp3) is 0.179. The standard InChI is InChI=1S/C28H25N3O4/c1-15-11-21(17(3)29-24-8-6-5-7-20(24)28(33)34)27-22(12-15)25(32)16(2)26(35-27)18-9-10-23-19(13-18)14-31(4)30-23/h5-14,17,29H,1-4H3,(H,33,34)/i2D3. The molecule has 2 aromatic heterocycles. The maximum atomic E-state index is 13.7. The average molecular weight is 471 g/mol. The number of benzene rings is 3. The number of nitrogens with one attached hydrogen (secondary N) is 1. The Hall–Kier alpha value is -4.39. The minimum atomic E-state index is -2.72. The van der Waals surface area contributed by atoms with Crippen molar-refractivity contribution in [3.63, 3.8) is 0 Å². The van der Waals surface area contributed by atoms with Crippen LogP contribution in [0.2, 0.25) is 0 Å². The Morgan fingerprint density at radius 3 is 2.77 bits per heavy atom. The molecule has 2 N–H and O–H groups in total. The van der Waals surface area contributed by atoms with Crippen molar-refractivity contribution in [1.82, 2.24) is 9.78 Å². The normalized spacial score (nSPS) is 13.9. The highest BCUT2D eigenvalue weighted by atomic mass is 16.4. The van der Waals surface area contributed by atoms with E-state index in [2.05, 4.69) is 10.4 Å². The molecule has 3 aromatic carbocycles. The van der Waals surface area contributed by atoms with Gasteiger partial charge in [0.1, 0.15) is 11.3 Å². The van der Waals surface area contributed by atoms with Crippen LogP contribution in [0.1, 0.15) is 44.1 Å². The van der Waals surface area contributed by atoms with Gasteiger partial charge in [0.05, 0.1) is 22.5 Å². The number of carboxylic acid groups (broad SMARTS) is 1. The monoisotopic (exact) mass is 470 g/mol. The summed E-state index contributed by atoms with van der Waals surface area (Å²) in [4.78, 5) is 25.5. The summed E-state index contributed by atoms with van der Waals surface area (Å²) in [6.07, 6.45) is 1.80. The lowest BCUT2D eigenvalue weighted by Gasteiger charge is -2.20. The summed E-state index contributed by atoms with van der Waals surface area (Å²) in [5.74, 6) is -1.10. The van der Waals surface area contributed by atoms with Crippen molar-refractivity contribution in [2.24, 2.45) is 7.05 Å². The SMILES string of the molecule is [2H]C([2H])([2H])c1c(-c2ccc3nn(C)cc3c2)oc2c(C(C)Nc3ccccc3C(=O)O)cc(C)cc2c1=O. The smallest absolute Gasteiger partial charge is 0.337 e. The molecule has 0 radical (unpaired) electrons. The first-order chi connectivity index (χ1) is 17.9. The van der Waals surface area contributed by atoms with E-state index in [-0.39, 0.29) is 27.9 Å². The van der Waals surface area contributed by atoms with Crippen LogP contribution in [0.15, 0.2) is 70.0 Å². The number of carbonyl (C=O) groups is 1. The highest BCUT2D eigenvalue weighted by Crippen LogP contribution is 2.33. The molecule has 0 aliphatic carbocycles. The lowest BCUT2D eigenvalue weighted by molar-refractivity contribution is 0.0698. The molecule has 1 unspecified atom stereocenters. The zero-order valence-electron chi connectivity index (χ0n) is 22.4. The highest BCUT2D eigenvalue weighted by molar-refractivity contribution is 5.94. The van der Waals surface area contributed by atoms with E-state index in [9.17, 15) is 14.7 Å². The van der Waals surface area contributed by atoms with Crippen molar-refractivity contribution in [3.05, 3.63) is 93.3 Å². The van der Waals surface area contributed by atoms with Gasteiger partial charge in [0, 0.05) is 45.1 Å². The van der Waals surface area contributed by atoms with Gasteiger partial charge in [0.15, 0.2) is 5.43 Å². The lowest BCUT2D eigenvalue weighted by Crippen LogP contribution is -2.14. The second-order valence-corrected chi connectivity index (χ2v) is 8.66. The van der Waals surface area contributed by atoms with E-state index in [4.69, 9.17) is 8.53 Å². The summed E-state index contributed by atoms with van der Waals surface area (Å²) in [6.45, 7) is 0.910. The molecule has 7 heteroatoms. The minimum absolute atomic E-state index is 0.0310. The fourth-order valence-electron chi connectivity index (χ4n) is 4.40. The van der Waals surface area contributed by atoms with Gasteiger partial charge in [0.25, 0.3) is 0 Å². The molecule has 35 heavy (non-hydrogen) atoms. The van der Waals surface area contributed by atoms with E-state index in [0.29, 0.717) is 16.8 Å². The minimum Gasteiger partial charge on any atom is -0.478 e. The lowest BCUT2D eigenvalue weighted by atomic mass is 9.98. The average Bonchev–Trinajstić information content (AvgIpc) is 3.22. The number of aromatic carboxylic acids is 1. The third kappa shape index (κ3) is 3.95. The molecule has 0 saturated carbocycles. The van der Waals surface area contributed by atoms with Crippen LogP contribution >= 0.6 is 0 Å². The van der Waals surface area contributed by atoms with Crippen LogP contribution in [0.3, 0.4) is 0 Å². The Kier molecular flexibility index (Phi) is 4.57. The van der Waals surface area contributed by atoms with Crippen molar-refractivity contribution >= 4 is 33.5 Å². The van der Waals surface area contributed by atoms with Crippen LogP contribution in [-0.4, -0.2) is 20.9 Å². The predicted octanol–water partition coefficient (Wildman–Crippen LogP) is 5.83. The Morgan fingerprint density at radius 1 is 1.20 bits per heavy atom. The summed E-state index contributed by atoms with van der Waals surface area (Å²) >= 11 is 0. The molecular weight excluding hydrogens is 442 g/mol. The van der Waals surface area contributed by atoms with Gasteiger partial charge in [-0.25, -0.2) is 4.79 Å². The van der Waals surface area contributed by atoms with Gasteiger partial charge in [0.2, 0.25) is 0 Å². The molecule has 1 atom stereocenters. The number of aromatic nitrogens is 2. The number of rotatable bonds is 5. The van der Waals surface area contributed by atoms with Gasteiger partial charge in [-0.2, -0.15) is 5.10 Å². The maximum Gasteiger partial charge on any atom is 0.337 e. The summed E-state index contributed by atoms with van der Waals surface area (Å²) in [6, 6.07) is 14.7. The first-order valence-corrected chi connectivity index (χ1v) is 11.1. The van der Waals surface area contributed by atoms with Crippen LogP contribution in [0.25, 0.3) is 33.2 Å². The molecule has 0 saturated heterocycles. The molecule has 0 bridgehead atoms. The van der Waals surface area contributed by atoms with Crippen LogP contribution in [0, 0.1) is 13.8 Å². The van der Waals surface area contributed by atoms with E-state index in [1.165, 1.54) is 6.07 Å². The van der Waals surface area contributed by atoms with Gasteiger partial charge in [-0.1, -0.05) is 18.2 Å². The Morgan fingerprint density at radius 2 is 2.00 bits per heavy atom. The van der Waals surface area contributed by atoms with Gasteiger partial charge in [-0.3, -0.25) is 9.48 Å². The summed E-state index contributed by atoms with van der Waals surface area (Å²) in [5, 5.41) is 18.1. The number of carboxylic acids is 1. The van der Waals surface area contributed by atoms with E-state index in [0.717, 1.165) is 16.5 Å². The molecule has 0 aliphatic rings. The van der Waals surface area contributed by atoms with E-state index >= 15 is 0 Å². The zero-order chi connectivity index (χ0) is 27.4. The second-order valence-electron chi connectivity index (χ2n) is 8.66. The molecule has 0 spiro atoms. The molecule has 0 amide bonds. The van der Waals surface area contributed by atoms with Gasteiger partial charge in [-0.15, -0.1) is 0 Å². The predicted molar refractivity (Wildman–Crippen MR) is 137 cm³/mol. The number of nitrogens with zero attached hydrogens (tertiary/aromatic N) is 2. The zero-order valence-corrected chi connectivity index (χ0v) is 19.4. The number of hydrogen-bond donors (Lipinski definition) is 2. The number of aryl methyl sites for hydroxylation is 2. The number of fused-ring (bicyclic) bond motifs is 2. The van der Waals surface area contributed by atoms with Crippen LogP contribution in [-0.2, 0) is 7.05 Å². The molecular formula is C28H25N3O4. The summed E-state index contributed by atoms with van der Waals surface area (Å²) < 4.78 is 32.4. The van der Waals surface area contributed by atoms with Crippen molar-refractivity contribution in [3.8, 4) is 11.3 Å². The van der Waals surface area contributed by atoms with Crippen LogP contribution < -0.4 is 10.7 Å². The Balaban J connectivity index is 1.75. The maximum absolute atomic E-state index is 13.7.